The van der Waals surface area contributed by atoms with Gasteiger partial charge in [-0.3, -0.25) is 9.48 Å². The van der Waals surface area contributed by atoms with Gasteiger partial charge < -0.3 is 9.64 Å². The lowest BCUT2D eigenvalue weighted by molar-refractivity contribution is 0.0717. The lowest BCUT2D eigenvalue weighted by Gasteiger charge is -2.25. The van der Waals surface area contributed by atoms with Crippen molar-refractivity contribution in [2.45, 2.75) is 45.2 Å². The normalized spacial score (nSPS) is 20.0. The third kappa shape index (κ3) is 3.70. The first-order valence-corrected chi connectivity index (χ1v) is 9.22. The molecule has 1 saturated heterocycles. The molecule has 5 nitrogen and oxygen atoms in total. The van der Waals surface area contributed by atoms with E-state index in [1.54, 1.807) is 0 Å². The molecule has 0 radical (unpaired) electrons. The highest BCUT2D eigenvalue weighted by Gasteiger charge is 2.31. The van der Waals surface area contributed by atoms with Gasteiger partial charge in [0.25, 0.3) is 5.91 Å². The highest BCUT2D eigenvalue weighted by molar-refractivity contribution is 5.97. The van der Waals surface area contributed by atoms with E-state index in [-0.39, 0.29) is 11.9 Å². The molecule has 2 aliphatic rings. The molecule has 25 heavy (non-hydrogen) atoms. The van der Waals surface area contributed by atoms with Crippen molar-refractivity contribution in [2.24, 2.45) is 5.92 Å². The second-order valence-electron chi connectivity index (χ2n) is 7.28. The minimum atomic E-state index is 0.0813. The summed E-state index contributed by atoms with van der Waals surface area (Å²) < 4.78 is 7.88. The number of benzene rings is 1. The maximum absolute atomic E-state index is 13.2. The molecular weight excluding hydrogens is 314 g/mol. The number of carbonyl (C=O) groups excluding carboxylic acids is 1. The van der Waals surface area contributed by atoms with E-state index < -0.39 is 0 Å². The van der Waals surface area contributed by atoms with Crippen LogP contribution in [0.15, 0.2) is 36.7 Å². The van der Waals surface area contributed by atoms with Gasteiger partial charge in [-0.15, -0.1) is 0 Å². The molecule has 1 atom stereocenters. The largest absolute Gasteiger partial charge is 0.492 e. The van der Waals surface area contributed by atoms with E-state index in [0.29, 0.717) is 11.5 Å². The highest BCUT2D eigenvalue weighted by Crippen LogP contribution is 2.31. The third-order valence-corrected chi connectivity index (χ3v) is 5.09. The van der Waals surface area contributed by atoms with Crippen LogP contribution in [0.25, 0.3) is 0 Å². The summed E-state index contributed by atoms with van der Waals surface area (Å²) >= 11 is 0. The Morgan fingerprint density at radius 3 is 2.88 bits per heavy atom. The minimum absolute atomic E-state index is 0.0813. The number of para-hydroxylation sites is 1. The van der Waals surface area contributed by atoms with Gasteiger partial charge >= 0.3 is 0 Å². The number of hydrogen-bond donors (Lipinski definition) is 0. The number of amides is 1. The lowest BCUT2D eigenvalue weighted by atomic mass is 10.1. The van der Waals surface area contributed by atoms with Crippen LogP contribution in [0.4, 0.5) is 0 Å². The van der Waals surface area contributed by atoms with Crippen LogP contribution in [-0.2, 0) is 6.54 Å². The first-order valence-electron chi connectivity index (χ1n) is 9.22. The lowest BCUT2D eigenvalue weighted by Crippen LogP contribution is -2.38. The number of aryl methyl sites for hydroxylation is 1. The van der Waals surface area contributed by atoms with Crippen LogP contribution in [0.2, 0.25) is 0 Å². The van der Waals surface area contributed by atoms with Crippen LogP contribution in [-0.4, -0.2) is 39.8 Å². The van der Waals surface area contributed by atoms with E-state index in [9.17, 15) is 4.79 Å². The highest BCUT2D eigenvalue weighted by atomic mass is 16.5. The maximum Gasteiger partial charge on any atom is 0.257 e. The zero-order valence-corrected chi connectivity index (χ0v) is 14.7. The average Bonchev–Trinajstić information content (AvgIpc) is 3.19. The van der Waals surface area contributed by atoms with Crippen molar-refractivity contribution < 1.29 is 9.53 Å². The van der Waals surface area contributed by atoms with Gasteiger partial charge in [-0.05, 0) is 56.2 Å². The van der Waals surface area contributed by atoms with Gasteiger partial charge in [0.05, 0.1) is 31.0 Å². The van der Waals surface area contributed by atoms with E-state index in [2.05, 4.69) is 5.10 Å². The van der Waals surface area contributed by atoms with Crippen LogP contribution >= 0.6 is 0 Å². The molecule has 1 amide bonds. The van der Waals surface area contributed by atoms with Crippen LogP contribution in [0, 0.1) is 12.8 Å². The summed E-state index contributed by atoms with van der Waals surface area (Å²) in [6, 6.07) is 7.85. The van der Waals surface area contributed by atoms with Gasteiger partial charge in [-0.25, -0.2) is 0 Å². The molecule has 0 N–H and O–H groups in total. The molecule has 2 heterocycles. The van der Waals surface area contributed by atoms with Gasteiger partial charge in [0.1, 0.15) is 5.75 Å². The molecule has 0 unspecified atom stereocenters. The van der Waals surface area contributed by atoms with E-state index in [4.69, 9.17) is 4.74 Å². The zero-order valence-electron chi connectivity index (χ0n) is 14.7. The summed E-state index contributed by atoms with van der Waals surface area (Å²) in [6.45, 7) is 4.32. The van der Waals surface area contributed by atoms with Crippen molar-refractivity contribution in [3.05, 3.63) is 47.8 Å². The topological polar surface area (TPSA) is 47.4 Å². The molecule has 1 aromatic heterocycles. The van der Waals surface area contributed by atoms with E-state index in [1.165, 1.54) is 12.8 Å². The summed E-state index contributed by atoms with van der Waals surface area (Å²) in [7, 11) is 0. The molecule has 0 bridgehead atoms. The Morgan fingerprint density at radius 2 is 2.12 bits per heavy atom. The Bertz CT molecular complexity index is 751. The minimum Gasteiger partial charge on any atom is -0.492 e. The number of rotatable bonds is 6. The molecule has 1 aliphatic heterocycles. The number of carbonyl (C=O) groups is 1. The number of hydrogen-bond acceptors (Lipinski definition) is 3. The fourth-order valence-electron chi connectivity index (χ4n) is 3.49. The summed E-state index contributed by atoms with van der Waals surface area (Å²) in [4.78, 5) is 15.1. The Balaban J connectivity index is 1.49. The van der Waals surface area contributed by atoms with Gasteiger partial charge in [-0.2, -0.15) is 5.10 Å². The Morgan fingerprint density at radius 1 is 1.28 bits per heavy atom. The monoisotopic (exact) mass is 339 g/mol. The zero-order chi connectivity index (χ0) is 17.2. The summed E-state index contributed by atoms with van der Waals surface area (Å²) in [6.07, 6.45) is 8.45. The standard InChI is InChI=1S/C20H25N3O2/c1-15-11-21-22(12-15)13-17-5-4-10-23(17)20(24)18-6-2-3-7-19(18)25-14-16-8-9-16/h2-3,6-7,11-12,16-17H,4-5,8-10,13-14H2,1H3/t17-/m0/s1. The first-order chi connectivity index (χ1) is 12.2. The van der Waals surface area contributed by atoms with E-state index >= 15 is 0 Å². The van der Waals surface area contributed by atoms with Gasteiger partial charge in [-0.1, -0.05) is 12.1 Å². The predicted octanol–water partition coefficient (Wildman–Crippen LogP) is 3.29. The Hall–Kier alpha value is -2.30. The van der Waals surface area contributed by atoms with Crippen molar-refractivity contribution in [1.29, 1.82) is 0 Å². The Kier molecular flexibility index (Phi) is 4.47. The van der Waals surface area contributed by atoms with Crippen LogP contribution in [0.5, 0.6) is 5.75 Å². The summed E-state index contributed by atoms with van der Waals surface area (Å²) in [5, 5.41) is 4.37. The smallest absolute Gasteiger partial charge is 0.257 e. The van der Waals surface area contributed by atoms with Crippen molar-refractivity contribution in [3.63, 3.8) is 0 Å². The molecule has 1 saturated carbocycles. The molecule has 5 heteroatoms. The number of aromatic nitrogens is 2. The van der Waals surface area contributed by atoms with Crippen molar-refractivity contribution >= 4 is 5.91 Å². The molecule has 1 aromatic carbocycles. The number of nitrogens with zero attached hydrogens (tertiary/aromatic N) is 3. The predicted molar refractivity (Wildman–Crippen MR) is 95.7 cm³/mol. The molecule has 1 aliphatic carbocycles. The summed E-state index contributed by atoms with van der Waals surface area (Å²) in [5.74, 6) is 1.48. The van der Waals surface area contributed by atoms with Crippen molar-refractivity contribution in [2.75, 3.05) is 13.2 Å². The molecule has 0 spiro atoms. The molecule has 2 fully saturated rings. The Labute approximate surface area is 148 Å². The molecule has 4 rings (SSSR count). The second-order valence-corrected chi connectivity index (χ2v) is 7.28. The molecule has 132 valence electrons. The number of ether oxygens (including phenoxy) is 1. The van der Waals surface area contributed by atoms with Crippen molar-refractivity contribution in [3.8, 4) is 5.75 Å². The van der Waals surface area contributed by atoms with Crippen molar-refractivity contribution in [1.82, 2.24) is 14.7 Å². The summed E-state index contributed by atoms with van der Waals surface area (Å²) in [5.41, 5.74) is 1.83. The molecule has 2 aromatic rings. The first kappa shape index (κ1) is 16.2. The van der Waals surface area contributed by atoms with Gasteiger partial charge in [0, 0.05) is 12.7 Å². The molecular formula is C20H25N3O2. The SMILES string of the molecule is Cc1cnn(C[C@@H]2CCCN2C(=O)c2ccccc2OCC2CC2)c1. The van der Waals surface area contributed by atoms with Crippen LogP contribution in [0.3, 0.4) is 0 Å². The maximum atomic E-state index is 13.2. The quantitative estimate of drug-likeness (QED) is 0.811. The average molecular weight is 339 g/mol. The van der Waals surface area contributed by atoms with Crippen LogP contribution < -0.4 is 4.74 Å². The van der Waals surface area contributed by atoms with E-state index in [0.717, 1.165) is 43.9 Å². The van der Waals surface area contributed by atoms with Gasteiger partial charge in [0.2, 0.25) is 0 Å². The van der Waals surface area contributed by atoms with E-state index in [1.807, 2.05) is 53.2 Å². The fraction of sp³-hybridized carbons (Fsp3) is 0.500. The fourth-order valence-corrected chi connectivity index (χ4v) is 3.49. The third-order valence-electron chi connectivity index (χ3n) is 5.09. The van der Waals surface area contributed by atoms with Crippen LogP contribution in [0.1, 0.15) is 41.6 Å². The number of likely N-dealkylation sites (tertiary alicyclic amines) is 1. The van der Waals surface area contributed by atoms with Gasteiger partial charge in [0.15, 0.2) is 0 Å². The second kappa shape index (κ2) is 6.90.